The molecule has 0 aliphatic rings. The van der Waals surface area contributed by atoms with E-state index in [9.17, 15) is 0 Å². The monoisotopic (exact) mass is 266 g/mol. The first-order valence-corrected chi connectivity index (χ1v) is 5.84. The van der Waals surface area contributed by atoms with Crippen LogP contribution in [0.15, 0.2) is 16.5 Å². The van der Waals surface area contributed by atoms with Crippen molar-refractivity contribution in [2.24, 2.45) is 0 Å². The third-order valence-corrected chi connectivity index (χ3v) is 3.29. The van der Waals surface area contributed by atoms with Crippen molar-refractivity contribution in [3.63, 3.8) is 0 Å². The summed E-state index contributed by atoms with van der Waals surface area (Å²) in [6.07, 6.45) is 0. The Hall–Kier alpha value is -1.32. The first-order valence-electron chi connectivity index (χ1n) is 5.09. The summed E-state index contributed by atoms with van der Waals surface area (Å²) >= 11 is 12.2. The van der Waals surface area contributed by atoms with Gasteiger partial charge in [-0.25, -0.2) is 0 Å². The van der Waals surface area contributed by atoms with Gasteiger partial charge in [0.05, 0.1) is 5.39 Å². The average molecular weight is 267 g/mol. The van der Waals surface area contributed by atoms with E-state index in [0.717, 1.165) is 27.5 Å². The van der Waals surface area contributed by atoms with Gasteiger partial charge in [0.1, 0.15) is 11.3 Å². The molecule has 5 heteroatoms. The van der Waals surface area contributed by atoms with E-state index >= 15 is 0 Å². The number of hydrogen-bond donors (Lipinski definition) is 0. The molecule has 3 rings (SSSR count). The van der Waals surface area contributed by atoms with Crippen LogP contribution in [0.4, 0.5) is 0 Å². The van der Waals surface area contributed by atoms with Crippen molar-refractivity contribution in [2.45, 2.75) is 13.8 Å². The molecule has 0 aliphatic carbocycles. The fraction of sp³-hybridized carbons (Fsp3) is 0.167. The lowest BCUT2D eigenvalue weighted by Gasteiger charge is -2.05. The third kappa shape index (κ3) is 1.50. The molecule has 0 unspecified atom stereocenters. The molecule has 17 heavy (non-hydrogen) atoms. The van der Waals surface area contributed by atoms with Gasteiger partial charge in [0.25, 0.3) is 0 Å². The molecule has 2 aromatic heterocycles. The van der Waals surface area contributed by atoms with Crippen LogP contribution in [0.2, 0.25) is 10.3 Å². The summed E-state index contributed by atoms with van der Waals surface area (Å²) in [7, 11) is 0. The molecule has 1 aromatic carbocycles. The average Bonchev–Trinajstić information content (AvgIpc) is 2.62. The fourth-order valence-electron chi connectivity index (χ4n) is 2.10. The highest BCUT2D eigenvalue weighted by Crippen LogP contribution is 2.36. The third-order valence-electron chi connectivity index (χ3n) is 2.77. The second kappa shape index (κ2) is 3.59. The summed E-state index contributed by atoms with van der Waals surface area (Å²) in [5.41, 5.74) is 1.72. The number of benzene rings is 1. The van der Waals surface area contributed by atoms with Crippen LogP contribution in [0.3, 0.4) is 0 Å². The van der Waals surface area contributed by atoms with E-state index in [1.54, 1.807) is 0 Å². The minimum atomic E-state index is 0.312. The second-order valence-electron chi connectivity index (χ2n) is 4.00. The Morgan fingerprint density at radius 1 is 1.00 bits per heavy atom. The number of fused-ring (bicyclic) bond motifs is 3. The molecule has 0 saturated heterocycles. The van der Waals surface area contributed by atoms with Crippen molar-refractivity contribution in [1.82, 2.24) is 10.2 Å². The summed E-state index contributed by atoms with van der Waals surface area (Å²) in [5, 5.41) is 10.8. The number of hydrogen-bond acceptors (Lipinski definition) is 3. The van der Waals surface area contributed by atoms with Gasteiger partial charge >= 0.3 is 0 Å². The Labute approximate surface area is 107 Å². The van der Waals surface area contributed by atoms with Gasteiger partial charge in [0, 0.05) is 10.8 Å². The van der Waals surface area contributed by atoms with Gasteiger partial charge in [-0.2, -0.15) is 0 Å². The molecule has 0 aliphatic heterocycles. The van der Waals surface area contributed by atoms with E-state index in [-0.39, 0.29) is 0 Å². The smallest absolute Gasteiger partial charge is 0.163 e. The van der Waals surface area contributed by atoms with Crippen LogP contribution in [-0.4, -0.2) is 10.2 Å². The Balaban J connectivity index is 2.68. The van der Waals surface area contributed by atoms with Crippen molar-refractivity contribution in [3.8, 4) is 0 Å². The molecule has 3 aromatic rings. The second-order valence-corrected chi connectivity index (χ2v) is 4.72. The first kappa shape index (κ1) is 10.8. The number of furan rings is 1. The predicted molar refractivity (Wildman–Crippen MR) is 68.8 cm³/mol. The molecule has 2 heterocycles. The molecule has 0 radical (unpaired) electrons. The van der Waals surface area contributed by atoms with Gasteiger partial charge in [-0.1, -0.05) is 23.2 Å². The summed E-state index contributed by atoms with van der Waals surface area (Å²) in [6.45, 7) is 3.86. The topological polar surface area (TPSA) is 38.9 Å². The minimum absolute atomic E-state index is 0.312. The van der Waals surface area contributed by atoms with Crippen LogP contribution in [0, 0.1) is 13.8 Å². The molecule has 0 bridgehead atoms. The van der Waals surface area contributed by atoms with Crippen LogP contribution >= 0.6 is 23.2 Å². The molecular weight excluding hydrogens is 259 g/mol. The maximum absolute atomic E-state index is 6.10. The molecule has 3 nitrogen and oxygen atoms in total. The quantitative estimate of drug-likeness (QED) is 0.609. The number of halogens is 2. The van der Waals surface area contributed by atoms with E-state index < -0.39 is 0 Å². The highest BCUT2D eigenvalue weighted by atomic mass is 35.5. The van der Waals surface area contributed by atoms with E-state index in [0.29, 0.717) is 15.9 Å². The van der Waals surface area contributed by atoms with Gasteiger partial charge in [-0.05, 0) is 31.5 Å². The van der Waals surface area contributed by atoms with Crippen LogP contribution in [0.25, 0.3) is 21.7 Å². The number of aryl methyl sites for hydroxylation is 2. The highest BCUT2D eigenvalue weighted by Gasteiger charge is 2.15. The Kier molecular flexibility index (Phi) is 2.28. The summed E-state index contributed by atoms with van der Waals surface area (Å²) in [4.78, 5) is 0. The molecule has 0 N–H and O–H groups in total. The zero-order valence-electron chi connectivity index (χ0n) is 9.21. The lowest BCUT2D eigenvalue weighted by atomic mass is 10.1. The largest absolute Gasteiger partial charge is 0.461 e. The summed E-state index contributed by atoms with van der Waals surface area (Å²) in [5.74, 6) is 0.830. The van der Waals surface area contributed by atoms with Crippen LogP contribution < -0.4 is 0 Å². The molecule has 0 amide bonds. The van der Waals surface area contributed by atoms with E-state index in [1.165, 1.54) is 0 Å². The molecular formula is C12H8Cl2N2O. The van der Waals surface area contributed by atoms with Gasteiger partial charge in [-0.3, -0.25) is 0 Å². The minimum Gasteiger partial charge on any atom is -0.461 e. The zero-order chi connectivity index (χ0) is 12.2. The maximum Gasteiger partial charge on any atom is 0.163 e. The van der Waals surface area contributed by atoms with Gasteiger partial charge in [0.15, 0.2) is 10.3 Å². The predicted octanol–water partition coefficient (Wildman–Crippen LogP) is 4.30. The lowest BCUT2D eigenvalue weighted by Crippen LogP contribution is -1.89. The van der Waals surface area contributed by atoms with Crippen LogP contribution in [0.1, 0.15) is 11.3 Å². The van der Waals surface area contributed by atoms with Crippen LogP contribution in [0.5, 0.6) is 0 Å². The Bertz CT molecular complexity index is 749. The van der Waals surface area contributed by atoms with Crippen molar-refractivity contribution >= 4 is 44.9 Å². The number of rotatable bonds is 0. The van der Waals surface area contributed by atoms with Crippen molar-refractivity contribution in [2.75, 3.05) is 0 Å². The van der Waals surface area contributed by atoms with Gasteiger partial charge < -0.3 is 4.42 Å². The van der Waals surface area contributed by atoms with E-state index in [4.69, 9.17) is 27.6 Å². The Morgan fingerprint density at radius 3 is 2.35 bits per heavy atom. The molecule has 86 valence electrons. The van der Waals surface area contributed by atoms with Gasteiger partial charge in [0.2, 0.25) is 0 Å². The van der Waals surface area contributed by atoms with E-state index in [2.05, 4.69) is 10.2 Å². The highest BCUT2D eigenvalue weighted by molar-refractivity contribution is 6.40. The number of aromatic nitrogens is 2. The lowest BCUT2D eigenvalue weighted by molar-refractivity contribution is 0.581. The first-order chi connectivity index (χ1) is 8.08. The molecule has 0 fully saturated rings. The fourth-order valence-corrected chi connectivity index (χ4v) is 2.60. The Morgan fingerprint density at radius 2 is 1.65 bits per heavy atom. The SMILES string of the molecule is Cc1cc2cc(C)c3c(Cl)nnc(Cl)c3c2o1. The standard InChI is InChI=1S/C12H8Cl2N2O/c1-5-3-7-4-6(2)17-10(7)9-8(5)11(13)15-16-12(9)14/h3-4H,1-2H3. The number of nitrogens with zero attached hydrogens (tertiary/aromatic N) is 2. The summed E-state index contributed by atoms with van der Waals surface area (Å²) in [6, 6.07) is 3.98. The molecule has 0 saturated carbocycles. The van der Waals surface area contributed by atoms with E-state index in [1.807, 2.05) is 26.0 Å². The normalized spacial score (nSPS) is 11.5. The molecule has 0 atom stereocenters. The maximum atomic E-state index is 6.10. The van der Waals surface area contributed by atoms with Crippen molar-refractivity contribution < 1.29 is 4.42 Å². The van der Waals surface area contributed by atoms with Crippen molar-refractivity contribution in [3.05, 3.63) is 33.8 Å². The summed E-state index contributed by atoms with van der Waals surface area (Å²) < 4.78 is 5.66. The molecule has 0 spiro atoms. The zero-order valence-corrected chi connectivity index (χ0v) is 10.7. The van der Waals surface area contributed by atoms with Gasteiger partial charge in [-0.15, -0.1) is 10.2 Å². The van der Waals surface area contributed by atoms with Crippen LogP contribution in [-0.2, 0) is 0 Å². The van der Waals surface area contributed by atoms with Crippen molar-refractivity contribution in [1.29, 1.82) is 0 Å².